The van der Waals surface area contributed by atoms with Crippen LogP contribution in [0.25, 0.3) is 0 Å². The summed E-state index contributed by atoms with van der Waals surface area (Å²) in [7, 11) is 0. The fraction of sp³-hybridized carbons (Fsp3) is 0.588. The Bertz CT molecular complexity index is 530. The Balaban J connectivity index is 1.59. The zero-order valence-electron chi connectivity index (χ0n) is 12.4. The number of hydrogen-bond acceptors (Lipinski definition) is 2. The molecule has 108 valence electrons. The van der Waals surface area contributed by atoms with Gasteiger partial charge in [0.1, 0.15) is 0 Å². The summed E-state index contributed by atoms with van der Waals surface area (Å²) in [5.41, 5.74) is 4.22. The Labute approximate surface area is 120 Å². The standard InChI is InChI=1S/C17H23NO2/c1-12-3-4-13(2)14(9-12)11-18-7-5-17(6-8-18)10-15(17)16(19)20/h3-4,9,15H,5-8,10-11H2,1-2H3,(H,19,20). The number of piperidine rings is 1. The van der Waals surface area contributed by atoms with Gasteiger partial charge >= 0.3 is 5.97 Å². The summed E-state index contributed by atoms with van der Waals surface area (Å²) < 4.78 is 0. The fourth-order valence-corrected chi connectivity index (χ4v) is 3.62. The van der Waals surface area contributed by atoms with Crippen molar-refractivity contribution >= 4 is 5.97 Å². The van der Waals surface area contributed by atoms with Crippen LogP contribution in [0.2, 0.25) is 0 Å². The molecule has 3 nitrogen and oxygen atoms in total. The lowest BCUT2D eigenvalue weighted by atomic mass is 9.90. The predicted octanol–water partition coefficient (Wildman–Crippen LogP) is 2.99. The smallest absolute Gasteiger partial charge is 0.307 e. The summed E-state index contributed by atoms with van der Waals surface area (Å²) in [5, 5.41) is 9.13. The molecule has 2 aliphatic rings. The van der Waals surface area contributed by atoms with Gasteiger partial charge in [0.05, 0.1) is 5.92 Å². The van der Waals surface area contributed by atoms with Gasteiger partial charge in [-0.1, -0.05) is 23.8 Å². The molecule has 1 unspecified atom stereocenters. The van der Waals surface area contributed by atoms with E-state index in [1.165, 1.54) is 16.7 Å². The molecule has 1 aliphatic heterocycles. The Hall–Kier alpha value is -1.35. The van der Waals surface area contributed by atoms with Gasteiger partial charge in [-0.05, 0) is 62.7 Å². The average Bonchev–Trinajstić information content (AvgIpc) is 3.11. The molecule has 2 fully saturated rings. The average molecular weight is 273 g/mol. The van der Waals surface area contributed by atoms with Gasteiger partial charge in [-0.25, -0.2) is 0 Å². The van der Waals surface area contributed by atoms with Gasteiger partial charge in [-0.15, -0.1) is 0 Å². The molecule has 1 N–H and O–H groups in total. The van der Waals surface area contributed by atoms with E-state index in [1.54, 1.807) is 0 Å². The van der Waals surface area contributed by atoms with Crippen molar-refractivity contribution in [2.75, 3.05) is 13.1 Å². The van der Waals surface area contributed by atoms with Gasteiger partial charge in [0.2, 0.25) is 0 Å². The van der Waals surface area contributed by atoms with Crippen molar-refractivity contribution in [3.05, 3.63) is 34.9 Å². The van der Waals surface area contributed by atoms with Crippen LogP contribution in [0.5, 0.6) is 0 Å². The van der Waals surface area contributed by atoms with Crippen molar-refractivity contribution in [2.45, 2.75) is 39.7 Å². The van der Waals surface area contributed by atoms with E-state index in [2.05, 4.69) is 36.9 Å². The van der Waals surface area contributed by atoms with E-state index in [-0.39, 0.29) is 11.3 Å². The highest BCUT2D eigenvalue weighted by molar-refractivity contribution is 5.74. The van der Waals surface area contributed by atoms with Crippen molar-refractivity contribution in [2.24, 2.45) is 11.3 Å². The number of nitrogens with zero attached hydrogens (tertiary/aromatic N) is 1. The highest BCUT2D eigenvalue weighted by Gasteiger charge is 2.58. The minimum atomic E-state index is -0.590. The van der Waals surface area contributed by atoms with Gasteiger partial charge in [0, 0.05) is 6.54 Å². The van der Waals surface area contributed by atoms with Crippen LogP contribution >= 0.6 is 0 Å². The monoisotopic (exact) mass is 273 g/mol. The SMILES string of the molecule is Cc1ccc(C)c(CN2CCC3(CC2)CC3C(=O)O)c1. The molecule has 20 heavy (non-hydrogen) atoms. The molecule has 1 heterocycles. The molecule has 1 spiro atoms. The molecule has 1 saturated heterocycles. The second-order valence-electron chi connectivity index (χ2n) is 6.66. The van der Waals surface area contributed by atoms with Crippen LogP contribution < -0.4 is 0 Å². The first kappa shape index (κ1) is 13.6. The predicted molar refractivity (Wildman–Crippen MR) is 78.6 cm³/mol. The summed E-state index contributed by atoms with van der Waals surface area (Å²) in [6, 6.07) is 6.63. The highest BCUT2D eigenvalue weighted by atomic mass is 16.4. The van der Waals surface area contributed by atoms with Crippen molar-refractivity contribution in [3.63, 3.8) is 0 Å². The molecule has 1 atom stereocenters. The van der Waals surface area contributed by atoms with E-state index in [1.807, 2.05) is 0 Å². The number of benzene rings is 1. The van der Waals surface area contributed by atoms with Crippen LogP contribution in [-0.4, -0.2) is 29.1 Å². The van der Waals surface area contributed by atoms with Crippen LogP contribution in [0.15, 0.2) is 18.2 Å². The van der Waals surface area contributed by atoms with Gasteiger partial charge in [0.15, 0.2) is 0 Å². The molecule has 0 amide bonds. The lowest BCUT2D eigenvalue weighted by molar-refractivity contribution is -0.139. The Morgan fingerprint density at radius 3 is 2.65 bits per heavy atom. The van der Waals surface area contributed by atoms with Gasteiger partial charge in [-0.2, -0.15) is 0 Å². The molecular formula is C17H23NO2. The molecule has 1 aliphatic carbocycles. The van der Waals surface area contributed by atoms with Gasteiger partial charge in [-0.3, -0.25) is 9.69 Å². The molecule has 0 bridgehead atoms. The second-order valence-corrected chi connectivity index (χ2v) is 6.66. The maximum atomic E-state index is 11.1. The number of rotatable bonds is 3. The summed E-state index contributed by atoms with van der Waals surface area (Å²) in [6.07, 6.45) is 3.00. The number of hydrogen-bond donors (Lipinski definition) is 1. The molecule has 3 heteroatoms. The van der Waals surface area contributed by atoms with E-state index in [4.69, 9.17) is 5.11 Å². The summed E-state index contributed by atoms with van der Waals surface area (Å²) in [6.45, 7) is 7.38. The topological polar surface area (TPSA) is 40.5 Å². The van der Waals surface area contributed by atoms with Crippen molar-refractivity contribution in [1.29, 1.82) is 0 Å². The number of carbonyl (C=O) groups is 1. The van der Waals surface area contributed by atoms with Crippen molar-refractivity contribution in [1.82, 2.24) is 4.90 Å². The summed E-state index contributed by atoms with van der Waals surface area (Å²) >= 11 is 0. The van der Waals surface area contributed by atoms with Crippen molar-refractivity contribution in [3.8, 4) is 0 Å². The van der Waals surface area contributed by atoms with E-state index in [0.29, 0.717) is 0 Å². The maximum absolute atomic E-state index is 11.1. The Morgan fingerprint density at radius 2 is 2.05 bits per heavy atom. The zero-order chi connectivity index (χ0) is 14.3. The highest BCUT2D eigenvalue weighted by Crippen LogP contribution is 2.59. The van der Waals surface area contributed by atoms with Crippen LogP contribution in [-0.2, 0) is 11.3 Å². The molecular weight excluding hydrogens is 250 g/mol. The Morgan fingerprint density at radius 1 is 1.35 bits per heavy atom. The van der Waals surface area contributed by atoms with Crippen molar-refractivity contribution < 1.29 is 9.90 Å². The lowest BCUT2D eigenvalue weighted by Gasteiger charge is -2.33. The molecule has 0 radical (unpaired) electrons. The number of carboxylic acid groups (broad SMARTS) is 1. The largest absolute Gasteiger partial charge is 0.481 e. The molecule has 1 aromatic carbocycles. The zero-order valence-corrected chi connectivity index (χ0v) is 12.4. The number of aliphatic carboxylic acids is 1. The van der Waals surface area contributed by atoms with E-state index < -0.39 is 5.97 Å². The third-order valence-electron chi connectivity index (χ3n) is 5.24. The van der Waals surface area contributed by atoms with Crippen LogP contribution in [0.4, 0.5) is 0 Å². The third kappa shape index (κ3) is 2.47. The number of carboxylic acids is 1. The second kappa shape index (κ2) is 4.88. The lowest BCUT2D eigenvalue weighted by Crippen LogP contribution is -2.35. The van der Waals surface area contributed by atoms with Gasteiger partial charge in [0.25, 0.3) is 0 Å². The van der Waals surface area contributed by atoms with Crippen LogP contribution in [0.3, 0.4) is 0 Å². The Kier molecular flexibility index (Phi) is 3.33. The minimum absolute atomic E-state index is 0.0645. The minimum Gasteiger partial charge on any atom is -0.481 e. The molecule has 0 aromatic heterocycles. The first-order chi connectivity index (χ1) is 9.50. The van der Waals surface area contributed by atoms with E-state index >= 15 is 0 Å². The summed E-state index contributed by atoms with van der Waals surface area (Å²) in [5.74, 6) is -0.654. The first-order valence-electron chi connectivity index (χ1n) is 7.51. The molecule has 1 saturated carbocycles. The molecule has 1 aromatic rings. The first-order valence-corrected chi connectivity index (χ1v) is 7.51. The normalized spacial score (nSPS) is 24.8. The number of aryl methyl sites for hydroxylation is 2. The summed E-state index contributed by atoms with van der Waals surface area (Å²) in [4.78, 5) is 13.6. The quantitative estimate of drug-likeness (QED) is 0.920. The van der Waals surface area contributed by atoms with Gasteiger partial charge < -0.3 is 5.11 Å². The fourth-order valence-electron chi connectivity index (χ4n) is 3.62. The maximum Gasteiger partial charge on any atom is 0.307 e. The van der Waals surface area contributed by atoms with E-state index in [0.717, 1.165) is 38.9 Å². The van der Waals surface area contributed by atoms with Crippen LogP contribution in [0.1, 0.15) is 36.0 Å². The van der Waals surface area contributed by atoms with Crippen LogP contribution in [0, 0.1) is 25.2 Å². The van der Waals surface area contributed by atoms with E-state index in [9.17, 15) is 4.79 Å². The third-order valence-corrected chi connectivity index (χ3v) is 5.24. The molecule has 3 rings (SSSR count). The number of likely N-dealkylation sites (tertiary alicyclic amines) is 1.